The van der Waals surface area contributed by atoms with Crippen LogP contribution in [0, 0.1) is 0 Å². The second-order valence-corrected chi connectivity index (χ2v) is 17.5. The molecule has 0 saturated carbocycles. The average molecular weight is 977 g/mol. The van der Waals surface area contributed by atoms with Crippen molar-refractivity contribution in [2.24, 2.45) is 0 Å². The minimum absolute atomic E-state index is 0.0636. The number of esters is 6. The molecule has 0 rings (SSSR count). The van der Waals surface area contributed by atoms with Crippen molar-refractivity contribution in [3.63, 3.8) is 0 Å². The monoisotopic (exact) mass is 977 g/mol. The fourth-order valence-electron chi connectivity index (χ4n) is 6.41. The predicted octanol–water partition coefficient (Wildman–Crippen LogP) is 10.9. The summed E-state index contributed by atoms with van der Waals surface area (Å²) in [5.41, 5.74) is 0. The highest BCUT2D eigenvalue weighted by atomic mass is 16.6. The van der Waals surface area contributed by atoms with Gasteiger partial charge in [-0.2, -0.15) is 0 Å². The van der Waals surface area contributed by atoms with Crippen LogP contribution in [-0.4, -0.2) is 109 Å². The van der Waals surface area contributed by atoms with Crippen molar-refractivity contribution in [1.82, 2.24) is 0 Å². The van der Waals surface area contributed by atoms with Gasteiger partial charge in [-0.3, -0.25) is 28.8 Å². The van der Waals surface area contributed by atoms with Crippen molar-refractivity contribution in [3.8, 4) is 0 Å². The van der Waals surface area contributed by atoms with E-state index < -0.39 is 18.3 Å². The molecule has 0 amide bonds. The van der Waals surface area contributed by atoms with Crippen LogP contribution in [0.15, 0.2) is 0 Å². The van der Waals surface area contributed by atoms with Crippen LogP contribution in [0.4, 0.5) is 0 Å². The number of ether oxygens (including phenoxy) is 6. The lowest BCUT2D eigenvalue weighted by atomic mass is 10.1. The highest BCUT2D eigenvalue weighted by Gasteiger charge is 2.18. The third-order valence-electron chi connectivity index (χ3n) is 10.7. The van der Waals surface area contributed by atoms with E-state index in [1.54, 1.807) is 0 Å². The molecule has 0 spiro atoms. The zero-order valence-corrected chi connectivity index (χ0v) is 43.8. The van der Waals surface area contributed by atoms with Crippen LogP contribution in [-0.2, 0) is 57.2 Å². The first kappa shape index (κ1) is 69.0. The molecule has 68 heavy (non-hydrogen) atoms. The maximum absolute atomic E-state index is 11.7. The molecule has 402 valence electrons. The second kappa shape index (κ2) is 54.6. The lowest BCUT2D eigenvalue weighted by molar-refractivity contribution is -0.161. The van der Waals surface area contributed by atoms with E-state index in [-0.39, 0.29) is 75.5 Å². The highest BCUT2D eigenvalue weighted by molar-refractivity contribution is 5.71. The quantitative estimate of drug-likeness (QED) is 0.0294. The highest BCUT2D eigenvalue weighted by Crippen LogP contribution is 2.11. The molecule has 0 heterocycles. The average Bonchev–Trinajstić information content (AvgIpc) is 3.33. The molecule has 0 aliphatic carbocycles. The summed E-state index contributed by atoms with van der Waals surface area (Å²) in [7, 11) is 0. The van der Waals surface area contributed by atoms with Crippen LogP contribution >= 0.6 is 0 Å². The first-order valence-corrected chi connectivity index (χ1v) is 26.8. The van der Waals surface area contributed by atoms with Crippen molar-refractivity contribution < 1.29 is 72.5 Å². The van der Waals surface area contributed by atoms with Gasteiger partial charge in [-0.05, 0) is 38.5 Å². The maximum atomic E-state index is 11.7. The van der Waals surface area contributed by atoms with Crippen molar-refractivity contribution in [2.75, 3.05) is 39.6 Å². The van der Waals surface area contributed by atoms with Crippen LogP contribution in [0.1, 0.15) is 247 Å². The fourth-order valence-corrected chi connectivity index (χ4v) is 6.41. The molecule has 0 aromatic heterocycles. The van der Waals surface area contributed by atoms with Gasteiger partial charge < -0.3 is 43.7 Å². The van der Waals surface area contributed by atoms with Gasteiger partial charge in [0.1, 0.15) is 19.8 Å². The summed E-state index contributed by atoms with van der Waals surface area (Å²) in [6.07, 6.45) is 26.8. The minimum Gasteiger partial charge on any atom is -0.462 e. The first-order valence-electron chi connectivity index (χ1n) is 26.8. The van der Waals surface area contributed by atoms with Crippen LogP contribution in [0.5, 0.6) is 0 Å². The fraction of sp³-hybridized carbons (Fsp3) is 0.887. The molecule has 0 aliphatic rings. The molecular formula is C53H100O15. The summed E-state index contributed by atoms with van der Waals surface area (Å²) in [4.78, 5) is 69.5. The Hall–Kier alpha value is -3.30. The van der Waals surface area contributed by atoms with E-state index in [0.29, 0.717) is 38.5 Å². The molecule has 0 saturated heterocycles. The minimum atomic E-state index is -0.753. The molecule has 15 heteroatoms. The molecule has 15 nitrogen and oxygen atoms in total. The van der Waals surface area contributed by atoms with Crippen LogP contribution in [0.3, 0.4) is 0 Å². The number of aliphatic hydroxyl groups is 3. The third kappa shape index (κ3) is 52.1. The normalized spacial score (nSPS) is 12.0. The Morgan fingerprint density at radius 2 is 0.456 bits per heavy atom. The van der Waals surface area contributed by atoms with E-state index in [1.165, 1.54) is 51.4 Å². The summed E-state index contributed by atoms with van der Waals surface area (Å²) >= 11 is 0. The molecule has 3 atom stereocenters. The predicted molar refractivity (Wildman–Crippen MR) is 266 cm³/mol. The summed E-state index contributed by atoms with van der Waals surface area (Å²) in [6.45, 7) is 11.5. The Bertz CT molecular complexity index is 1120. The summed E-state index contributed by atoms with van der Waals surface area (Å²) in [5.74, 6) is -1.90. The molecule has 1 unspecified atom stereocenters. The van der Waals surface area contributed by atoms with E-state index in [4.69, 9.17) is 33.5 Å². The number of hydrogen-bond donors (Lipinski definition) is 3. The lowest BCUT2D eigenvalue weighted by Gasteiger charge is -2.15. The molecular weight excluding hydrogens is 877 g/mol. The van der Waals surface area contributed by atoms with Crippen molar-refractivity contribution in [1.29, 1.82) is 0 Å². The van der Waals surface area contributed by atoms with E-state index in [0.717, 1.165) is 116 Å². The van der Waals surface area contributed by atoms with E-state index in [1.807, 2.05) is 0 Å². The first-order chi connectivity index (χ1) is 32.9. The number of carbonyl (C=O) groups is 6. The molecule has 0 radical (unpaired) electrons. The molecule has 0 aromatic carbocycles. The van der Waals surface area contributed by atoms with Gasteiger partial charge in [0.25, 0.3) is 0 Å². The van der Waals surface area contributed by atoms with Crippen LogP contribution in [0.25, 0.3) is 0 Å². The van der Waals surface area contributed by atoms with Gasteiger partial charge in [0.2, 0.25) is 0 Å². The third-order valence-corrected chi connectivity index (χ3v) is 10.7. The van der Waals surface area contributed by atoms with Gasteiger partial charge in [-0.1, -0.05) is 170 Å². The van der Waals surface area contributed by atoms with E-state index in [9.17, 15) is 39.0 Å². The van der Waals surface area contributed by atoms with Gasteiger partial charge in [0, 0.05) is 38.5 Å². The van der Waals surface area contributed by atoms with Crippen molar-refractivity contribution in [2.45, 2.75) is 265 Å². The van der Waals surface area contributed by atoms with Gasteiger partial charge >= 0.3 is 35.8 Å². The Balaban J connectivity index is -0.000000937. The molecule has 0 bridgehead atoms. The Morgan fingerprint density at radius 1 is 0.279 bits per heavy atom. The number of hydrogen-bond acceptors (Lipinski definition) is 15. The summed E-state index contributed by atoms with van der Waals surface area (Å²) in [5, 5.41) is 27.6. The number of rotatable bonds is 44. The largest absolute Gasteiger partial charge is 0.462 e. The maximum Gasteiger partial charge on any atom is 0.306 e. The van der Waals surface area contributed by atoms with Gasteiger partial charge in [0.15, 0.2) is 18.3 Å². The molecule has 0 fully saturated rings. The summed E-state index contributed by atoms with van der Waals surface area (Å²) in [6, 6.07) is 0. The smallest absolute Gasteiger partial charge is 0.306 e. The number of carbonyl (C=O) groups excluding carboxylic acids is 6. The topological polar surface area (TPSA) is 218 Å². The Kier molecular flexibility index (Phi) is 55.4. The zero-order valence-electron chi connectivity index (χ0n) is 43.8. The van der Waals surface area contributed by atoms with Crippen molar-refractivity contribution >= 4 is 35.8 Å². The second-order valence-electron chi connectivity index (χ2n) is 17.5. The Labute approximate surface area is 412 Å². The van der Waals surface area contributed by atoms with E-state index in [2.05, 4.69) is 41.5 Å². The van der Waals surface area contributed by atoms with Gasteiger partial charge in [0.05, 0.1) is 19.8 Å². The van der Waals surface area contributed by atoms with E-state index >= 15 is 0 Å². The molecule has 3 N–H and O–H groups in total. The zero-order chi connectivity index (χ0) is 51.3. The van der Waals surface area contributed by atoms with Crippen LogP contribution in [0.2, 0.25) is 0 Å². The van der Waals surface area contributed by atoms with Gasteiger partial charge in [-0.15, -0.1) is 0 Å². The van der Waals surface area contributed by atoms with Crippen LogP contribution < -0.4 is 0 Å². The standard InChI is InChI=1S/2C19H36O5.C15H28O5/c2*1-3-5-7-9-11-13-18(21)23-16-17(15-20)24-19(22)14-12-10-8-6-4-2;1-3-5-7-9-14(17)19-12-13(11-16)20-15(18)10-8-6-4-2/h2*17,20H,3-16H2,1-2H3;13,16H,3-12H2,1-2H3/t17-;;13-/m0.0/s1. The van der Waals surface area contributed by atoms with Crippen molar-refractivity contribution in [3.05, 3.63) is 0 Å². The molecule has 0 aromatic rings. The van der Waals surface area contributed by atoms with Gasteiger partial charge in [-0.25, -0.2) is 0 Å². The SMILES string of the molecule is CCCCCC(=O)OC[C@H](CO)OC(=O)CCCCC.CCCCCCCC(=O)OCC(CO)OC(=O)CCCCCCC.CCCCCCCC(=O)OC[C@H](CO)OC(=O)CCCCCCC. The number of aliphatic hydroxyl groups excluding tert-OH is 3. The Morgan fingerprint density at radius 3 is 0.662 bits per heavy atom. The molecule has 0 aliphatic heterocycles. The lowest BCUT2D eigenvalue weighted by Crippen LogP contribution is -2.28. The number of unbranched alkanes of at least 4 members (excludes halogenated alkanes) is 20. The summed E-state index contributed by atoms with van der Waals surface area (Å²) < 4.78 is 30.5.